The summed E-state index contributed by atoms with van der Waals surface area (Å²) in [6.45, 7) is 7.07. The number of rotatable bonds is 7. The largest absolute Gasteiger partial charge is 0.506 e. The minimum Gasteiger partial charge on any atom is -0.506 e. The monoisotopic (exact) mass is 481 g/mol. The van der Waals surface area contributed by atoms with E-state index in [4.69, 9.17) is 9.47 Å². The molecule has 8 heteroatoms. The number of piperidine rings is 1. The van der Waals surface area contributed by atoms with Crippen LogP contribution in [0.15, 0.2) is 42.5 Å². The molecule has 188 valence electrons. The molecule has 1 saturated heterocycles. The fourth-order valence-corrected chi connectivity index (χ4v) is 4.60. The number of carbonyl (C=O) groups excluding carboxylic acids is 2. The predicted octanol–water partition coefficient (Wildman–Crippen LogP) is 3.72. The first-order valence-electron chi connectivity index (χ1n) is 12.4. The van der Waals surface area contributed by atoms with Gasteiger partial charge in [0.25, 0.3) is 0 Å². The van der Waals surface area contributed by atoms with Gasteiger partial charge in [0.1, 0.15) is 5.75 Å². The molecule has 1 atom stereocenters. The number of hydrogen-bond donors (Lipinski definition) is 3. The smallest absolute Gasteiger partial charge is 0.234 e. The number of para-hydroxylation sites is 2. The van der Waals surface area contributed by atoms with E-state index in [9.17, 15) is 14.7 Å². The third-order valence-corrected chi connectivity index (χ3v) is 6.60. The minimum atomic E-state index is -0.140. The maximum absolute atomic E-state index is 12.9. The molecule has 0 aromatic heterocycles. The zero-order valence-corrected chi connectivity index (χ0v) is 20.5. The van der Waals surface area contributed by atoms with Crippen molar-refractivity contribution in [2.24, 2.45) is 11.8 Å². The number of nitrogens with zero attached hydrogens (tertiary/aromatic N) is 1. The van der Waals surface area contributed by atoms with E-state index in [-0.39, 0.29) is 35.4 Å². The molecule has 0 aliphatic carbocycles. The van der Waals surface area contributed by atoms with Crippen molar-refractivity contribution in [1.82, 2.24) is 10.2 Å². The third-order valence-electron chi connectivity index (χ3n) is 6.60. The summed E-state index contributed by atoms with van der Waals surface area (Å²) in [6.07, 6.45) is 2.19. The second-order valence-electron chi connectivity index (χ2n) is 9.60. The van der Waals surface area contributed by atoms with Crippen molar-refractivity contribution in [3.05, 3.63) is 48.0 Å². The lowest BCUT2D eigenvalue weighted by Gasteiger charge is -2.31. The fourth-order valence-electron chi connectivity index (χ4n) is 4.60. The topological polar surface area (TPSA) is 100 Å². The number of hydrogen-bond acceptors (Lipinski definition) is 6. The van der Waals surface area contributed by atoms with Crippen molar-refractivity contribution in [1.29, 1.82) is 0 Å². The van der Waals surface area contributed by atoms with Crippen LogP contribution < -0.4 is 20.1 Å². The molecule has 2 amide bonds. The lowest BCUT2D eigenvalue weighted by Crippen LogP contribution is -2.44. The van der Waals surface area contributed by atoms with Gasteiger partial charge < -0.3 is 25.2 Å². The first-order chi connectivity index (χ1) is 16.9. The normalized spacial score (nSPS) is 17.5. The lowest BCUT2D eigenvalue weighted by atomic mass is 9.95. The van der Waals surface area contributed by atoms with Gasteiger partial charge in [0, 0.05) is 12.3 Å². The van der Waals surface area contributed by atoms with Gasteiger partial charge in [-0.1, -0.05) is 32.0 Å². The van der Waals surface area contributed by atoms with Crippen LogP contribution in [0.3, 0.4) is 0 Å². The van der Waals surface area contributed by atoms with Crippen molar-refractivity contribution < 1.29 is 24.2 Å². The molecule has 4 rings (SSSR count). The highest BCUT2D eigenvalue weighted by Gasteiger charge is 2.27. The second-order valence-corrected chi connectivity index (χ2v) is 9.60. The summed E-state index contributed by atoms with van der Waals surface area (Å²) in [5, 5.41) is 15.9. The Morgan fingerprint density at radius 3 is 2.49 bits per heavy atom. The molecule has 2 aromatic carbocycles. The summed E-state index contributed by atoms with van der Waals surface area (Å²) < 4.78 is 11.6. The van der Waals surface area contributed by atoms with Crippen molar-refractivity contribution in [2.45, 2.75) is 39.2 Å². The third kappa shape index (κ3) is 6.45. The van der Waals surface area contributed by atoms with Crippen LogP contribution in [0.4, 0.5) is 5.69 Å². The van der Waals surface area contributed by atoms with Crippen LogP contribution in [0.5, 0.6) is 17.2 Å². The molecule has 2 heterocycles. The maximum Gasteiger partial charge on any atom is 0.234 e. The van der Waals surface area contributed by atoms with Crippen molar-refractivity contribution in [2.75, 3.05) is 38.2 Å². The lowest BCUT2D eigenvalue weighted by molar-refractivity contribution is -0.124. The summed E-state index contributed by atoms with van der Waals surface area (Å²) in [7, 11) is 0. The summed E-state index contributed by atoms with van der Waals surface area (Å²) in [5.74, 6) is 1.46. The molecule has 2 aliphatic rings. The Labute approximate surface area is 206 Å². The molecule has 2 aliphatic heterocycles. The molecule has 1 fully saturated rings. The molecule has 1 unspecified atom stereocenters. The van der Waals surface area contributed by atoms with Crippen LogP contribution in [0, 0.1) is 11.8 Å². The zero-order chi connectivity index (χ0) is 24.8. The first-order valence-corrected chi connectivity index (χ1v) is 12.4. The van der Waals surface area contributed by atoms with E-state index >= 15 is 0 Å². The van der Waals surface area contributed by atoms with E-state index < -0.39 is 0 Å². The minimum absolute atomic E-state index is 0.0343. The number of amides is 2. The molecule has 8 nitrogen and oxygen atoms in total. The number of phenols is 1. The summed E-state index contributed by atoms with van der Waals surface area (Å²) in [4.78, 5) is 27.6. The number of anilines is 1. The molecule has 3 N–H and O–H groups in total. The van der Waals surface area contributed by atoms with Crippen LogP contribution in [-0.2, 0) is 9.59 Å². The Morgan fingerprint density at radius 1 is 1.06 bits per heavy atom. The molecule has 0 spiro atoms. The number of aromatic hydroxyl groups is 1. The average Bonchev–Trinajstić information content (AvgIpc) is 3.09. The molecule has 0 radical (unpaired) electrons. The Hall–Kier alpha value is -3.26. The number of ether oxygens (including phenoxy) is 2. The van der Waals surface area contributed by atoms with Gasteiger partial charge in [0.2, 0.25) is 11.8 Å². The van der Waals surface area contributed by atoms with E-state index in [0.717, 1.165) is 23.5 Å². The SMILES string of the molecule is CC(C)C(NC(=O)CN1CCC(C(=O)Nc2ccccc2O)CC1)c1ccc2c(c1)OCCCO2. The zero-order valence-electron chi connectivity index (χ0n) is 20.5. The van der Waals surface area contributed by atoms with E-state index in [2.05, 4.69) is 29.4 Å². The quantitative estimate of drug-likeness (QED) is 0.522. The summed E-state index contributed by atoms with van der Waals surface area (Å²) in [6, 6.07) is 12.5. The van der Waals surface area contributed by atoms with Crippen LogP contribution in [0.1, 0.15) is 44.7 Å². The van der Waals surface area contributed by atoms with Gasteiger partial charge in [0.05, 0.1) is 31.5 Å². The second kappa shape index (κ2) is 11.4. The highest BCUT2D eigenvalue weighted by atomic mass is 16.5. The Morgan fingerprint density at radius 2 is 1.77 bits per heavy atom. The Bertz CT molecular complexity index is 1030. The van der Waals surface area contributed by atoms with Crippen molar-refractivity contribution in [3.63, 3.8) is 0 Å². The number of benzene rings is 2. The number of likely N-dealkylation sites (tertiary alicyclic amines) is 1. The Balaban J connectivity index is 1.29. The Kier molecular flexibility index (Phi) is 8.13. The van der Waals surface area contributed by atoms with Gasteiger partial charge in [-0.05, 0) is 61.7 Å². The fraction of sp³-hybridized carbons (Fsp3) is 0.481. The molecule has 35 heavy (non-hydrogen) atoms. The van der Waals surface area contributed by atoms with Crippen LogP contribution in [-0.4, -0.2) is 54.7 Å². The van der Waals surface area contributed by atoms with E-state index in [1.807, 2.05) is 18.2 Å². The van der Waals surface area contributed by atoms with Gasteiger partial charge in [-0.15, -0.1) is 0 Å². The number of carbonyl (C=O) groups is 2. The van der Waals surface area contributed by atoms with Gasteiger partial charge in [-0.3, -0.25) is 14.5 Å². The van der Waals surface area contributed by atoms with Crippen LogP contribution in [0.25, 0.3) is 0 Å². The van der Waals surface area contributed by atoms with Crippen molar-refractivity contribution in [3.8, 4) is 17.2 Å². The molecule has 2 aromatic rings. The van der Waals surface area contributed by atoms with Crippen molar-refractivity contribution >= 4 is 17.5 Å². The first kappa shape index (κ1) is 24.9. The number of fused-ring (bicyclic) bond motifs is 1. The highest BCUT2D eigenvalue weighted by Crippen LogP contribution is 2.34. The summed E-state index contributed by atoms with van der Waals surface area (Å²) in [5.41, 5.74) is 1.42. The van der Waals surface area contributed by atoms with Gasteiger partial charge in [-0.2, -0.15) is 0 Å². The van der Waals surface area contributed by atoms with E-state index in [1.54, 1.807) is 24.3 Å². The standard InChI is InChI=1S/C27H35N3O5/c1-18(2)26(20-8-9-23-24(16-20)35-15-5-14-34-23)29-25(32)17-30-12-10-19(11-13-30)27(33)28-21-6-3-4-7-22(21)31/h3-4,6-9,16,18-19,26,31H,5,10-15,17H2,1-2H3,(H,28,33)(H,29,32). The van der Waals surface area contributed by atoms with E-state index in [1.165, 1.54) is 0 Å². The van der Waals surface area contributed by atoms with E-state index in [0.29, 0.717) is 51.4 Å². The van der Waals surface area contributed by atoms with Gasteiger partial charge >= 0.3 is 0 Å². The highest BCUT2D eigenvalue weighted by molar-refractivity contribution is 5.94. The van der Waals surface area contributed by atoms with Gasteiger partial charge in [-0.25, -0.2) is 0 Å². The molecule has 0 bridgehead atoms. The molecular formula is C27H35N3O5. The molecule has 0 saturated carbocycles. The number of phenolic OH excluding ortho intramolecular Hbond substituents is 1. The predicted molar refractivity (Wildman–Crippen MR) is 134 cm³/mol. The van der Waals surface area contributed by atoms with Gasteiger partial charge in [0.15, 0.2) is 11.5 Å². The molecular weight excluding hydrogens is 446 g/mol. The summed E-state index contributed by atoms with van der Waals surface area (Å²) >= 11 is 0. The average molecular weight is 482 g/mol. The van der Waals surface area contributed by atoms with Crippen LogP contribution in [0.2, 0.25) is 0 Å². The maximum atomic E-state index is 12.9. The number of nitrogens with one attached hydrogen (secondary N) is 2. The van der Waals surface area contributed by atoms with Crippen LogP contribution >= 0.6 is 0 Å².